The smallest absolute Gasteiger partial charge is 0.418 e. The van der Waals surface area contributed by atoms with E-state index in [-0.39, 0.29) is 18.7 Å². The minimum atomic E-state index is -5.30. The number of carboxylic acid groups (broad SMARTS) is 1. The van der Waals surface area contributed by atoms with Gasteiger partial charge in [-0.1, -0.05) is 0 Å². The third kappa shape index (κ3) is 5.29. The number of hydrogen-bond acceptors (Lipinski definition) is 5. The molecule has 0 saturated carbocycles. The highest BCUT2D eigenvalue weighted by Crippen LogP contribution is 2.42. The molecular weight excluding hydrogens is 414 g/mol. The fourth-order valence-electron chi connectivity index (χ4n) is 2.53. The Kier molecular flexibility index (Phi) is 6.77. The van der Waals surface area contributed by atoms with Gasteiger partial charge in [-0.2, -0.15) is 26.3 Å². The second-order valence-electron chi connectivity index (χ2n) is 5.89. The zero-order chi connectivity index (χ0) is 22.8. The van der Waals surface area contributed by atoms with E-state index in [0.717, 1.165) is 6.92 Å². The van der Waals surface area contributed by atoms with Crippen LogP contribution in [-0.2, 0) is 37.9 Å². The van der Waals surface area contributed by atoms with Gasteiger partial charge in [0.15, 0.2) is 0 Å². The van der Waals surface area contributed by atoms with E-state index in [4.69, 9.17) is 5.73 Å². The number of carbonyl (C=O) groups excluding carboxylic acids is 2. The zero-order valence-electron chi connectivity index (χ0n) is 15.0. The first kappa shape index (κ1) is 24.0. The summed E-state index contributed by atoms with van der Waals surface area (Å²) in [6.45, 7) is 1.73. The van der Waals surface area contributed by atoms with Gasteiger partial charge in [0.25, 0.3) is 0 Å². The number of ether oxygens (including phenoxy) is 1. The molecule has 1 unspecified atom stereocenters. The van der Waals surface area contributed by atoms with Crippen LogP contribution in [0.15, 0.2) is 12.1 Å². The molecule has 29 heavy (non-hydrogen) atoms. The Balaban J connectivity index is 3.74. The highest BCUT2D eigenvalue weighted by Gasteiger charge is 2.50. The second kappa shape index (κ2) is 8.17. The van der Waals surface area contributed by atoms with Gasteiger partial charge in [0.05, 0.1) is 23.4 Å². The van der Waals surface area contributed by atoms with Crippen molar-refractivity contribution in [1.82, 2.24) is 5.32 Å². The summed E-state index contributed by atoms with van der Waals surface area (Å²) in [7, 11) is 0. The molecule has 0 heterocycles. The van der Waals surface area contributed by atoms with Gasteiger partial charge in [-0.25, -0.2) is 9.59 Å². The summed E-state index contributed by atoms with van der Waals surface area (Å²) in [5.41, 5.74) is -4.14. The molecule has 1 atom stereocenters. The van der Waals surface area contributed by atoms with Crippen molar-refractivity contribution in [3.63, 3.8) is 0 Å². The number of hydrogen-bond donors (Lipinski definition) is 3. The first-order valence-corrected chi connectivity index (χ1v) is 7.82. The van der Waals surface area contributed by atoms with Gasteiger partial charge in [-0.3, -0.25) is 4.79 Å². The Morgan fingerprint density at radius 1 is 1.07 bits per heavy atom. The number of anilines is 1. The molecule has 0 aliphatic heterocycles. The number of rotatable bonds is 6. The lowest BCUT2D eigenvalue weighted by molar-refractivity contribution is -0.164. The molecule has 0 bridgehead atoms. The number of amides is 1. The van der Waals surface area contributed by atoms with Crippen LogP contribution in [0.25, 0.3) is 0 Å². The summed E-state index contributed by atoms with van der Waals surface area (Å²) in [5.74, 6) is -4.69. The number of aliphatic carboxylic acids is 1. The van der Waals surface area contributed by atoms with E-state index in [0.29, 0.717) is 0 Å². The normalized spacial score (nSPS) is 14.1. The van der Waals surface area contributed by atoms with E-state index in [2.05, 4.69) is 4.74 Å². The van der Waals surface area contributed by atoms with Gasteiger partial charge in [0.1, 0.15) is 0 Å². The summed E-state index contributed by atoms with van der Waals surface area (Å²) < 4.78 is 83.5. The van der Waals surface area contributed by atoms with E-state index in [1.807, 2.05) is 0 Å². The van der Waals surface area contributed by atoms with Crippen molar-refractivity contribution < 1.29 is 50.6 Å². The number of nitrogens with two attached hydrogens (primary N) is 1. The van der Waals surface area contributed by atoms with E-state index in [9.17, 15) is 45.8 Å². The highest BCUT2D eigenvalue weighted by atomic mass is 19.4. The number of carbonyl (C=O) groups is 3. The van der Waals surface area contributed by atoms with Gasteiger partial charge in [0.2, 0.25) is 11.4 Å². The van der Waals surface area contributed by atoms with Crippen LogP contribution in [0.5, 0.6) is 0 Å². The van der Waals surface area contributed by atoms with Crippen LogP contribution in [0.2, 0.25) is 0 Å². The first-order valence-electron chi connectivity index (χ1n) is 7.82. The van der Waals surface area contributed by atoms with Crippen LogP contribution >= 0.6 is 0 Å². The molecule has 1 aromatic rings. The maximum Gasteiger partial charge on any atom is 0.418 e. The van der Waals surface area contributed by atoms with Gasteiger partial charge >= 0.3 is 24.3 Å². The molecule has 0 radical (unpaired) electrons. The van der Waals surface area contributed by atoms with Crippen molar-refractivity contribution in [3.8, 4) is 0 Å². The van der Waals surface area contributed by atoms with Gasteiger partial charge in [-0.15, -0.1) is 0 Å². The molecule has 0 aliphatic carbocycles. The van der Waals surface area contributed by atoms with Crippen molar-refractivity contribution in [2.75, 3.05) is 12.3 Å². The molecule has 13 heteroatoms. The van der Waals surface area contributed by atoms with Crippen molar-refractivity contribution in [3.05, 3.63) is 28.8 Å². The lowest BCUT2D eigenvalue weighted by Crippen LogP contribution is -2.62. The van der Waals surface area contributed by atoms with Crippen molar-refractivity contribution in [1.29, 1.82) is 0 Å². The summed E-state index contributed by atoms with van der Waals surface area (Å²) in [5, 5.41) is 11.2. The van der Waals surface area contributed by atoms with Crippen LogP contribution in [0, 0.1) is 0 Å². The fourth-order valence-corrected chi connectivity index (χ4v) is 2.53. The summed E-state index contributed by atoms with van der Waals surface area (Å²) in [6, 6.07) is 0.368. The van der Waals surface area contributed by atoms with Crippen LogP contribution < -0.4 is 11.1 Å². The summed E-state index contributed by atoms with van der Waals surface area (Å²) >= 11 is 0. The standard InChI is InChI=1S/C16H16F6N2O5/c1-3-29-13(28)14(12(26)27,24-7(2)25)6-8-4-9(15(17,18)19)11(23)10(5-8)16(20,21)22/h4-5H,3,6,23H2,1-2H3,(H,24,25)(H,26,27). The predicted molar refractivity (Wildman–Crippen MR) is 85.4 cm³/mol. The zero-order valence-corrected chi connectivity index (χ0v) is 15.0. The second-order valence-corrected chi connectivity index (χ2v) is 5.89. The van der Waals surface area contributed by atoms with E-state index in [1.165, 1.54) is 6.92 Å². The number of alkyl halides is 6. The quantitative estimate of drug-likeness (QED) is 0.276. The van der Waals surface area contributed by atoms with E-state index < -0.39 is 64.5 Å². The molecule has 0 fully saturated rings. The minimum absolute atomic E-state index is 0.184. The van der Waals surface area contributed by atoms with Crippen LogP contribution in [0.3, 0.4) is 0 Å². The maximum atomic E-state index is 13.2. The Labute approximate surface area is 159 Å². The van der Waals surface area contributed by atoms with Gasteiger partial charge in [0, 0.05) is 13.3 Å². The number of esters is 1. The lowest BCUT2D eigenvalue weighted by atomic mass is 9.88. The Bertz CT molecular complexity index is 786. The monoisotopic (exact) mass is 430 g/mol. The average molecular weight is 430 g/mol. The Morgan fingerprint density at radius 2 is 1.52 bits per heavy atom. The molecule has 1 rings (SSSR count). The number of nitrogens with one attached hydrogen (secondary N) is 1. The Hall–Kier alpha value is -2.99. The third-order valence-electron chi connectivity index (χ3n) is 3.70. The topological polar surface area (TPSA) is 119 Å². The molecule has 0 aliphatic rings. The number of carboxylic acids is 1. The molecule has 1 amide bonds. The van der Waals surface area contributed by atoms with Crippen molar-refractivity contribution >= 4 is 23.5 Å². The summed E-state index contributed by atoms with van der Waals surface area (Å²) in [4.78, 5) is 35.3. The average Bonchev–Trinajstić information content (AvgIpc) is 2.52. The molecular formula is C16H16F6N2O5. The number of nitrogen functional groups attached to an aromatic ring is 1. The molecule has 0 saturated heterocycles. The third-order valence-corrected chi connectivity index (χ3v) is 3.70. The van der Waals surface area contributed by atoms with Gasteiger partial charge in [-0.05, 0) is 24.6 Å². The predicted octanol–water partition coefficient (Wildman–Crippen LogP) is 2.37. The SMILES string of the molecule is CCOC(=O)C(Cc1cc(C(F)(F)F)c(N)c(C(F)(F)F)c1)(NC(C)=O)C(=O)O. The number of benzene rings is 1. The molecule has 7 nitrogen and oxygen atoms in total. The van der Waals surface area contributed by atoms with Crippen molar-refractivity contribution in [2.24, 2.45) is 0 Å². The first-order chi connectivity index (χ1) is 13.1. The molecule has 162 valence electrons. The van der Waals surface area contributed by atoms with Gasteiger partial charge < -0.3 is 20.9 Å². The largest absolute Gasteiger partial charge is 0.479 e. The molecule has 4 N–H and O–H groups in total. The fraction of sp³-hybridized carbons (Fsp3) is 0.438. The summed E-state index contributed by atoms with van der Waals surface area (Å²) in [6.07, 6.45) is -11.9. The Morgan fingerprint density at radius 3 is 1.83 bits per heavy atom. The lowest BCUT2D eigenvalue weighted by Gasteiger charge is -2.28. The van der Waals surface area contributed by atoms with Crippen LogP contribution in [0.4, 0.5) is 32.0 Å². The molecule has 0 aromatic heterocycles. The highest BCUT2D eigenvalue weighted by molar-refractivity contribution is 6.07. The maximum absolute atomic E-state index is 13.2. The number of halogens is 6. The van der Waals surface area contributed by atoms with Crippen LogP contribution in [0.1, 0.15) is 30.5 Å². The van der Waals surface area contributed by atoms with E-state index in [1.54, 1.807) is 5.32 Å². The minimum Gasteiger partial charge on any atom is -0.479 e. The van der Waals surface area contributed by atoms with Crippen molar-refractivity contribution in [2.45, 2.75) is 38.2 Å². The molecule has 1 aromatic carbocycles. The van der Waals surface area contributed by atoms with E-state index >= 15 is 0 Å². The van der Waals surface area contributed by atoms with Crippen LogP contribution in [-0.4, -0.2) is 35.1 Å². The molecule has 0 spiro atoms.